The second kappa shape index (κ2) is 7.22. The van der Waals surface area contributed by atoms with E-state index in [2.05, 4.69) is 0 Å². The fourth-order valence-electron chi connectivity index (χ4n) is 2.14. The van der Waals surface area contributed by atoms with Crippen LogP contribution in [0.15, 0.2) is 47.4 Å². The summed E-state index contributed by atoms with van der Waals surface area (Å²) in [7, 11) is -4.76. The fourth-order valence-corrected chi connectivity index (χ4v) is 2.86. The Labute approximate surface area is 141 Å². The van der Waals surface area contributed by atoms with E-state index < -0.39 is 38.0 Å². The Morgan fingerprint density at radius 3 is 2.12 bits per heavy atom. The SMILES string of the molecule is CCN(C(=O)c1ccc(S(=O)(=O)C(F)F)cc1)c1ccc(F)c(F)c1. The Kier molecular flexibility index (Phi) is 5.46. The summed E-state index contributed by atoms with van der Waals surface area (Å²) >= 11 is 0. The number of hydrogen-bond acceptors (Lipinski definition) is 3. The van der Waals surface area contributed by atoms with E-state index in [1.807, 2.05) is 0 Å². The van der Waals surface area contributed by atoms with Gasteiger partial charge in [-0.25, -0.2) is 17.2 Å². The highest BCUT2D eigenvalue weighted by atomic mass is 32.2. The van der Waals surface area contributed by atoms with Gasteiger partial charge >= 0.3 is 5.76 Å². The maximum atomic E-state index is 13.4. The van der Waals surface area contributed by atoms with Gasteiger partial charge in [-0.05, 0) is 43.3 Å². The number of carbonyl (C=O) groups excluding carboxylic acids is 1. The number of alkyl halides is 2. The van der Waals surface area contributed by atoms with Gasteiger partial charge < -0.3 is 4.90 Å². The monoisotopic (exact) mass is 375 g/mol. The molecule has 0 aliphatic rings. The Morgan fingerprint density at radius 2 is 1.64 bits per heavy atom. The lowest BCUT2D eigenvalue weighted by Gasteiger charge is -2.21. The van der Waals surface area contributed by atoms with E-state index in [4.69, 9.17) is 0 Å². The molecule has 0 bridgehead atoms. The van der Waals surface area contributed by atoms with Gasteiger partial charge in [0.05, 0.1) is 4.90 Å². The standard InChI is InChI=1S/C16H13F4NO3S/c1-2-21(11-5-8-13(17)14(18)9-11)15(22)10-3-6-12(7-4-10)25(23,24)16(19)20/h3-9,16H,2H2,1H3. The molecule has 0 heterocycles. The predicted molar refractivity (Wildman–Crippen MR) is 83.3 cm³/mol. The molecule has 25 heavy (non-hydrogen) atoms. The largest absolute Gasteiger partial charge is 0.341 e. The summed E-state index contributed by atoms with van der Waals surface area (Å²) in [5.41, 5.74) is 0.121. The molecule has 9 heteroatoms. The zero-order valence-corrected chi connectivity index (χ0v) is 13.7. The zero-order valence-electron chi connectivity index (χ0n) is 12.9. The van der Waals surface area contributed by atoms with Crippen LogP contribution in [-0.2, 0) is 9.84 Å². The number of hydrogen-bond donors (Lipinski definition) is 0. The van der Waals surface area contributed by atoms with Crippen LogP contribution in [0.3, 0.4) is 0 Å². The second-order valence-electron chi connectivity index (χ2n) is 4.98. The maximum Gasteiger partial charge on any atom is 0.341 e. The van der Waals surface area contributed by atoms with Crippen molar-refractivity contribution in [2.75, 3.05) is 11.4 Å². The first kappa shape index (κ1) is 18.9. The van der Waals surface area contributed by atoms with Crippen LogP contribution in [0.1, 0.15) is 17.3 Å². The smallest absolute Gasteiger partial charge is 0.309 e. The quantitative estimate of drug-likeness (QED) is 0.750. The van der Waals surface area contributed by atoms with Gasteiger partial charge in [0.1, 0.15) is 0 Å². The first-order chi connectivity index (χ1) is 11.7. The van der Waals surface area contributed by atoms with Crippen LogP contribution in [0, 0.1) is 11.6 Å². The minimum Gasteiger partial charge on any atom is -0.309 e. The van der Waals surface area contributed by atoms with Crippen LogP contribution >= 0.6 is 0 Å². The minimum absolute atomic E-state index is 0.0137. The fraction of sp³-hybridized carbons (Fsp3) is 0.188. The molecule has 0 aromatic heterocycles. The molecule has 0 N–H and O–H groups in total. The van der Waals surface area contributed by atoms with Crippen molar-refractivity contribution in [1.29, 1.82) is 0 Å². The van der Waals surface area contributed by atoms with E-state index in [1.54, 1.807) is 6.92 Å². The van der Waals surface area contributed by atoms with Crippen LogP contribution in [0.25, 0.3) is 0 Å². The molecule has 134 valence electrons. The molecule has 0 saturated heterocycles. The molecule has 0 fully saturated rings. The number of anilines is 1. The predicted octanol–water partition coefficient (Wildman–Crippen LogP) is 3.63. The average Bonchev–Trinajstić information content (AvgIpc) is 2.58. The molecule has 0 atom stereocenters. The lowest BCUT2D eigenvalue weighted by molar-refractivity contribution is 0.0988. The van der Waals surface area contributed by atoms with Gasteiger partial charge in [-0.2, -0.15) is 8.78 Å². The first-order valence-electron chi connectivity index (χ1n) is 7.07. The van der Waals surface area contributed by atoms with Crippen LogP contribution in [0.4, 0.5) is 23.2 Å². The van der Waals surface area contributed by atoms with Gasteiger partial charge in [-0.15, -0.1) is 0 Å². The topological polar surface area (TPSA) is 54.5 Å². The summed E-state index contributed by atoms with van der Waals surface area (Å²) in [6.45, 7) is 1.73. The van der Waals surface area contributed by atoms with Gasteiger partial charge in [-0.1, -0.05) is 0 Å². The number of nitrogens with zero attached hydrogens (tertiary/aromatic N) is 1. The number of benzene rings is 2. The number of amides is 1. The third kappa shape index (κ3) is 3.81. The molecule has 2 aromatic rings. The third-order valence-electron chi connectivity index (χ3n) is 3.44. The van der Waals surface area contributed by atoms with Crippen LogP contribution in [0.2, 0.25) is 0 Å². The van der Waals surface area contributed by atoms with E-state index in [9.17, 15) is 30.8 Å². The molecule has 2 aromatic carbocycles. The van der Waals surface area contributed by atoms with E-state index in [-0.39, 0.29) is 17.8 Å². The van der Waals surface area contributed by atoms with E-state index in [0.717, 1.165) is 41.3 Å². The molecule has 0 saturated carbocycles. The summed E-state index contributed by atoms with van der Waals surface area (Å²) in [5, 5.41) is 0. The molecular formula is C16H13F4NO3S. The maximum absolute atomic E-state index is 13.4. The van der Waals surface area contributed by atoms with Gasteiger partial charge in [0, 0.05) is 23.9 Å². The minimum atomic E-state index is -4.76. The van der Waals surface area contributed by atoms with Gasteiger partial charge in [0.2, 0.25) is 9.84 Å². The summed E-state index contributed by atoms with van der Waals surface area (Å²) in [5.74, 6) is -6.37. The lowest BCUT2D eigenvalue weighted by atomic mass is 10.1. The average molecular weight is 375 g/mol. The Morgan fingerprint density at radius 1 is 1.04 bits per heavy atom. The molecule has 1 amide bonds. The van der Waals surface area contributed by atoms with E-state index in [1.165, 1.54) is 6.07 Å². The van der Waals surface area contributed by atoms with Crippen molar-refractivity contribution in [3.63, 3.8) is 0 Å². The van der Waals surface area contributed by atoms with Crippen molar-refractivity contribution in [3.05, 3.63) is 59.7 Å². The van der Waals surface area contributed by atoms with Crippen molar-refractivity contribution in [3.8, 4) is 0 Å². The Balaban J connectivity index is 2.33. The highest BCUT2D eigenvalue weighted by Crippen LogP contribution is 2.22. The van der Waals surface area contributed by atoms with Crippen molar-refractivity contribution in [2.24, 2.45) is 0 Å². The first-order valence-corrected chi connectivity index (χ1v) is 8.62. The molecule has 0 aliphatic carbocycles. The number of rotatable bonds is 5. The third-order valence-corrected chi connectivity index (χ3v) is 4.84. The number of halogens is 4. The second-order valence-corrected chi connectivity index (χ2v) is 6.90. The molecule has 0 aliphatic heterocycles. The molecule has 4 nitrogen and oxygen atoms in total. The van der Waals surface area contributed by atoms with Crippen molar-refractivity contribution in [1.82, 2.24) is 0 Å². The highest BCUT2D eigenvalue weighted by Gasteiger charge is 2.27. The Bertz CT molecular complexity index is 883. The Hall–Kier alpha value is -2.42. The van der Waals surface area contributed by atoms with Crippen LogP contribution < -0.4 is 4.90 Å². The molecule has 0 radical (unpaired) electrons. The highest BCUT2D eigenvalue weighted by molar-refractivity contribution is 7.91. The van der Waals surface area contributed by atoms with Crippen molar-refractivity contribution in [2.45, 2.75) is 17.6 Å². The summed E-state index contributed by atoms with van der Waals surface area (Å²) in [4.78, 5) is 13.0. The van der Waals surface area contributed by atoms with E-state index >= 15 is 0 Å². The van der Waals surface area contributed by atoms with Crippen LogP contribution in [0.5, 0.6) is 0 Å². The van der Waals surface area contributed by atoms with Crippen molar-refractivity contribution < 1.29 is 30.8 Å². The molecular weight excluding hydrogens is 362 g/mol. The zero-order chi connectivity index (χ0) is 18.8. The number of sulfone groups is 1. The van der Waals surface area contributed by atoms with Gasteiger partial charge in [0.15, 0.2) is 11.6 Å². The van der Waals surface area contributed by atoms with E-state index in [0.29, 0.717) is 0 Å². The number of carbonyl (C=O) groups is 1. The lowest BCUT2D eigenvalue weighted by Crippen LogP contribution is -2.30. The molecule has 2 rings (SSSR count). The van der Waals surface area contributed by atoms with Crippen molar-refractivity contribution >= 4 is 21.4 Å². The van der Waals surface area contributed by atoms with Gasteiger partial charge in [-0.3, -0.25) is 4.79 Å². The molecule has 0 unspecified atom stereocenters. The summed E-state index contributed by atoms with van der Waals surface area (Å²) in [6, 6.07) is 6.91. The summed E-state index contributed by atoms with van der Waals surface area (Å²) in [6.07, 6.45) is 0. The summed E-state index contributed by atoms with van der Waals surface area (Å²) < 4.78 is 74.1. The van der Waals surface area contributed by atoms with Gasteiger partial charge in [0.25, 0.3) is 5.91 Å². The molecule has 0 spiro atoms. The normalized spacial score (nSPS) is 11.6. The van der Waals surface area contributed by atoms with Crippen LogP contribution in [-0.4, -0.2) is 26.6 Å².